The summed E-state index contributed by atoms with van der Waals surface area (Å²) in [5.74, 6) is 0.809. The van der Waals surface area contributed by atoms with E-state index < -0.39 is 6.17 Å². The summed E-state index contributed by atoms with van der Waals surface area (Å²) in [6, 6.07) is 51.1. The molecule has 6 heteroatoms. The summed E-state index contributed by atoms with van der Waals surface area (Å²) in [6.45, 7) is 0. The van der Waals surface area contributed by atoms with E-state index in [9.17, 15) is 0 Å². The van der Waals surface area contributed by atoms with Crippen molar-refractivity contribution in [3.8, 4) is 22.8 Å². The number of para-hydroxylation sites is 4. The second kappa shape index (κ2) is 11.0. The molecule has 50 heavy (non-hydrogen) atoms. The van der Waals surface area contributed by atoms with Crippen LogP contribution in [0.2, 0.25) is 0 Å². The summed E-state index contributed by atoms with van der Waals surface area (Å²) < 4.78 is 23.3. The average Bonchev–Trinajstić information content (AvgIpc) is 3.82. The highest BCUT2D eigenvalue weighted by atomic mass is 19.1. The second-order valence-electron chi connectivity index (χ2n) is 12.8. The maximum Gasteiger partial charge on any atom is 0.150 e. The fourth-order valence-corrected chi connectivity index (χ4v) is 7.74. The van der Waals surface area contributed by atoms with Gasteiger partial charge in [0.1, 0.15) is 11.5 Å². The number of benzene rings is 6. The molecular formula is C44H30FN5. The van der Waals surface area contributed by atoms with E-state index in [0.29, 0.717) is 11.1 Å². The lowest BCUT2D eigenvalue weighted by Crippen LogP contribution is -2.00. The summed E-state index contributed by atoms with van der Waals surface area (Å²) in [7, 11) is 2.00. The van der Waals surface area contributed by atoms with Gasteiger partial charge in [-0.15, -0.1) is 0 Å². The number of aromatic nitrogens is 5. The molecule has 5 nitrogen and oxygen atoms in total. The molecule has 0 saturated heterocycles. The Labute approximate surface area is 287 Å². The number of pyridine rings is 1. The summed E-state index contributed by atoms with van der Waals surface area (Å²) >= 11 is 0. The zero-order valence-electron chi connectivity index (χ0n) is 27.2. The first kappa shape index (κ1) is 28.5. The molecule has 4 heterocycles. The van der Waals surface area contributed by atoms with Crippen LogP contribution in [0.5, 0.6) is 0 Å². The predicted molar refractivity (Wildman–Crippen MR) is 202 cm³/mol. The van der Waals surface area contributed by atoms with E-state index in [1.807, 2.05) is 86.0 Å². The van der Waals surface area contributed by atoms with Gasteiger partial charge in [-0.3, -0.25) is 4.57 Å². The molecule has 10 rings (SSSR count). The van der Waals surface area contributed by atoms with Crippen molar-refractivity contribution in [3.05, 3.63) is 169 Å². The van der Waals surface area contributed by atoms with Crippen LogP contribution in [0, 0.1) is 0 Å². The predicted octanol–water partition coefficient (Wildman–Crippen LogP) is 10.9. The summed E-state index contributed by atoms with van der Waals surface area (Å²) in [5.41, 5.74) is 10.1. The molecule has 0 aliphatic carbocycles. The third kappa shape index (κ3) is 4.18. The zero-order valence-corrected chi connectivity index (χ0v) is 27.2. The normalized spacial score (nSPS) is 12.5. The van der Waals surface area contributed by atoms with Crippen LogP contribution in [0.15, 0.2) is 158 Å². The van der Waals surface area contributed by atoms with E-state index in [2.05, 4.69) is 92.6 Å². The molecule has 1 unspecified atom stereocenters. The van der Waals surface area contributed by atoms with Crippen LogP contribution in [-0.2, 0) is 7.05 Å². The van der Waals surface area contributed by atoms with E-state index in [4.69, 9.17) is 9.97 Å². The van der Waals surface area contributed by atoms with Gasteiger partial charge in [-0.25, -0.2) is 14.4 Å². The van der Waals surface area contributed by atoms with Gasteiger partial charge in [-0.05, 0) is 77.9 Å². The van der Waals surface area contributed by atoms with E-state index in [1.165, 1.54) is 0 Å². The smallest absolute Gasteiger partial charge is 0.150 e. The molecule has 238 valence electrons. The first-order valence-corrected chi connectivity index (χ1v) is 16.8. The summed E-state index contributed by atoms with van der Waals surface area (Å²) in [4.78, 5) is 9.76. The molecule has 0 amide bonds. The number of nitrogens with zero attached hydrogens (tertiary/aromatic N) is 5. The Balaban J connectivity index is 1.17. The Morgan fingerprint density at radius 1 is 0.560 bits per heavy atom. The van der Waals surface area contributed by atoms with Gasteiger partial charge in [-0.1, -0.05) is 84.9 Å². The SMILES string of the molecule is Cn1c(-c2cccc(C(F)c3cccc(-n4c5ncccc5c5ccc6c(c7ccccc7n6-c6ccccc6)c54)c3)c2)nc2ccccc21. The summed E-state index contributed by atoms with van der Waals surface area (Å²) in [5, 5.41) is 4.45. The highest BCUT2D eigenvalue weighted by Gasteiger charge is 2.22. The topological polar surface area (TPSA) is 40.6 Å². The Morgan fingerprint density at radius 2 is 1.28 bits per heavy atom. The van der Waals surface area contributed by atoms with Gasteiger partial charge >= 0.3 is 0 Å². The third-order valence-electron chi connectivity index (χ3n) is 9.98. The minimum absolute atomic E-state index is 0.578. The molecular weight excluding hydrogens is 618 g/mol. The number of fused-ring (bicyclic) bond motifs is 8. The van der Waals surface area contributed by atoms with Crippen LogP contribution in [-0.4, -0.2) is 23.7 Å². The van der Waals surface area contributed by atoms with Crippen molar-refractivity contribution in [3.63, 3.8) is 0 Å². The van der Waals surface area contributed by atoms with Gasteiger partial charge in [-0.2, -0.15) is 0 Å². The molecule has 0 fully saturated rings. The highest BCUT2D eigenvalue weighted by molar-refractivity contribution is 6.25. The molecule has 0 bridgehead atoms. The molecule has 0 aliphatic rings. The maximum absolute atomic E-state index is 16.7. The Hall–Kier alpha value is -6.53. The molecule has 0 radical (unpaired) electrons. The molecule has 0 spiro atoms. The fourth-order valence-electron chi connectivity index (χ4n) is 7.74. The molecule has 6 aromatic carbocycles. The van der Waals surface area contributed by atoms with Crippen LogP contribution in [0.25, 0.3) is 77.5 Å². The number of rotatable bonds is 5. The lowest BCUT2D eigenvalue weighted by molar-refractivity contribution is 0.402. The average molecular weight is 648 g/mol. The lowest BCUT2D eigenvalue weighted by Gasteiger charge is -2.14. The van der Waals surface area contributed by atoms with Gasteiger partial charge in [0.2, 0.25) is 0 Å². The van der Waals surface area contributed by atoms with E-state index >= 15 is 4.39 Å². The molecule has 10 aromatic rings. The van der Waals surface area contributed by atoms with Crippen molar-refractivity contribution in [1.82, 2.24) is 23.7 Å². The largest absolute Gasteiger partial charge is 0.327 e. The van der Waals surface area contributed by atoms with Gasteiger partial charge in [0.15, 0.2) is 6.17 Å². The number of hydrogen-bond acceptors (Lipinski definition) is 2. The minimum atomic E-state index is -1.34. The quantitative estimate of drug-likeness (QED) is 0.187. The summed E-state index contributed by atoms with van der Waals surface area (Å²) in [6.07, 6.45) is 0.488. The van der Waals surface area contributed by atoms with Crippen LogP contribution >= 0.6 is 0 Å². The monoisotopic (exact) mass is 647 g/mol. The first-order valence-electron chi connectivity index (χ1n) is 16.8. The minimum Gasteiger partial charge on any atom is -0.327 e. The van der Waals surface area contributed by atoms with Crippen LogP contribution in [0.3, 0.4) is 0 Å². The van der Waals surface area contributed by atoms with Crippen LogP contribution in [0.1, 0.15) is 17.3 Å². The maximum atomic E-state index is 16.7. The molecule has 4 aromatic heterocycles. The third-order valence-corrected chi connectivity index (χ3v) is 9.98. The molecule has 0 N–H and O–H groups in total. The number of aryl methyl sites for hydroxylation is 1. The standard InChI is InChI=1S/C44H30FN5/c1-48-38-22-8-6-20-36(38)47-43(48)30-14-9-12-28(26-30)41(45)29-13-10-17-32(27-29)50-42-33(34-19-11-25-46-44(34)50)23-24-39-40(42)35-18-5-7-21-37(35)49(39)31-15-3-2-4-16-31/h2-27,41H,1H3. The first-order chi connectivity index (χ1) is 24.7. The van der Waals surface area contributed by atoms with Crippen LogP contribution in [0.4, 0.5) is 4.39 Å². The second-order valence-corrected chi connectivity index (χ2v) is 12.8. The Bertz CT molecular complexity index is 2910. The highest BCUT2D eigenvalue weighted by Crippen LogP contribution is 2.42. The number of halogens is 1. The van der Waals surface area contributed by atoms with Crippen molar-refractivity contribution in [2.75, 3.05) is 0 Å². The van der Waals surface area contributed by atoms with E-state index in [0.717, 1.165) is 77.5 Å². The van der Waals surface area contributed by atoms with Gasteiger partial charge in [0.05, 0.1) is 27.6 Å². The van der Waals surface area contributed by atoms with Crippen molar-refractivity contribution < 1.29 is 4.39 Å². The molecule has 0 saturated carbocycles. The van der Waals surface area contributed by atoms with Crippen molar-refractivity contribution in [1.29, 1.82) is 0 Å². The van der Waals surface area contributed by atoms with Crippen molar-refractivity contribution in [2.45, 2.75) is 6.17 Å². The number of imidazole rings is 1. The molecule has 0 aliphatic heterocycles. The fraction of sp³-hybridized carbons (Fsp3) is 0.0455. The van der Waals surface area contributed by atoms with Gasteiger partial charge < -0.3 is 9.13 Å². The number of hydrogen-bond donors (Lipinski definition) is 0. The van der Waals surface area contributed by atoms with Gasteiger partial charge in [0.25, 0.3) is 0 Å². The Kier molecular flexibility index (Phi) is 6.27. The zero-order chi connectivity index (χ0) is 33.3. The van der Waals surface area contributed by atoms with Crippen molar-refractivity contribution in [2.24, 2.45) is 7.05 Å². The number of alkyl halides is 1. The van der Waals surface area contributed by atoms with Gasteiger partial charge in [0, 0.05) is 51.7 Å². The van der Waals surface area contributed by atoms with E-state index in [1.54, 1.807) is 0 Å². The van der Waals surface area contributed by atoms with Crippen LogP contribution < -0.4 is 0 Å². The lowest BCUT2D eigenvalue weighted by atomic mass is 10.00. The van der Waals surface area contributed by atoms with Crippen molar-refractivity contribution >= 4 is 54.8 Å². The Morgan fingerprint density at radius 3 is 2.14 bits per heavy atom. The molecule has 1 atom stereocenters. The van der Waals surface area contributed by atoms with E-state index in [-0.39, 0.29) is 0 Å².